The van der Waals surface area contributed by atoms with Gasteiger partial charge in [0.05, 0.1) is 6.61 Å². The number of fused-ring (bicyclic) bond motifs is 1. The number of hydrogen-bond acceptors (Lipinski definition) is 5. The van der Waals surface area contributed by atoms with Crippen molar-refractivity contribution in [3.63, 3.8) is 0 Å². The summed E-state index contributed by atoms with van der Waals surface area (Å²) in [7, 11) is -3.48. The molecule has 0 bridgehead atoms. The molecule has 0 spiro atoms. The van der Waals surface area contributed by atoms with Gasteiger partial charge in [0.15, 0.2) is 11.5 Å². The lowest BCUT2D eigenvalue weighted by Crippen LogP contribution is -2.24. The maximum atomic E-state index is 12.0. The van der Waals surface area contributed by atoms with Crippen molar-refractivity contribution in [2.75, 3.05) is 13.2 Å². The molecule has 0 aliphatic carbocycles. The van der Waals surface area contributed by atoms with Crippen LogP contribution in [0.3, 0.4) is 0 Å². The normalized spacial score (nSPS) is 15.6. The van der Waals surface area contributed by atoms with E-state index in [0.29, 0.717) is 11.5 Å². The van der Waals surface area contributed by atoms with Crippen molar-refractivity contribution in [2.45, 2.75) is 6.92 Å². The molecule has 1 aliphatic rings. The van der Waals surface area contributed by atoms with Gasteiger partial charge in [0.1, 0.15) is 6.54 Å². The molecule has 1 aromatic carbocycles. The van der Waals surface area contributed by atoms with Crippen LogP contribution in [0.4, 0.5) is 0 Å². The molecule has 0 unspecified atom stereocenters. The Morgan fingerprint density at radius 2 is 1.94 bits per heavy atom. The van der Waals surface area contributed by atoms with Crippen LogP contribution in [0.15, 0.2) is 24.3 Å². The van der Waals surface area contributed by atoms with Crippen LogP contribution in [0.1, 0.15) is 6.92 Å². The molecule has 6 nitrogen and oxygen atoms in total. The molecule has 92 valence electrons. The lowest BCUT2D eigenvalue weighted by molar-refractivity contribution is -0.141. The summed E-state index contributed by atoms with van der Waals surface area (Å²) in [6.45, 7) is 1.74. The van der Waals surface area contributed by atoms with Crippen LogP contribution in [0.25, 0.3) is 0 Å². The first-order valence-corrected chi connectivity index (χ1v) is 6.66. The number of esters is 1. The van der Waals surface area contributed by atoms with Crippen LogP contribution in [0.2, 0.25) is 0 Å². The van der Waals surface area contributed by atoms with E-state index in [1.165, 1.54) is 0 Å². The van der Waals surface area contributed by atoms with Crippen LogP contribution < -0.4 is 14.1 Å². The minimum Gasteiger partial charge on any atom is -0.465 e. The number of rotatable bonds is 4. The second-order valence-electron chi connectivity index (χ2n) is 3.27. The molecule has 2 rings (SSSR count). The van der Waals surface area contributed by atoms with Crippen LogP contribution in [-0.2, 0) is 14.1 Å². The van der Waals surface area contributed by atoms with Crippen LogP contribution >= 0.6 is 7.75 Å². The van der Waals surface area contributed by atoms with Gasteiger partial charge in [-0.05, 0) is 19.1 Å². The molecule has 1 aromatic rings. The molecule has 1 heterocycles. The van der Waals surface area contributed by atoms with E-state index in [9.17, 15) is 9.36 Å². The molecule has 1 N–H and O–H groups in total. The minimum absolute atomic E-state index is 0.223. The Morgan fingerprint density at radius 1 is 1.35 bits per heavy atom. The summed E-state index contributed by atoms with van der Waals surface area (Å²) in [5, 5.41) is 2.43. The fraction of sp³-hybridized carbons (Fsp3) is 0.300. The van der Waals surface area contributed by atoms with Crippen molar-refractivity contribution < 1.29 is 23.1 Å². The van der Waals surface area contributed by atoms with Crippen molar-refractivity contribution in [1.29, 1.82) is 0 Å². The first-order chi connectivity index (χ1) is 8.13. The highest BCUT2D eigenvalue weighted by atomic mass is 31.2. The van der Waals surface area contributed by atoms with E-state index in [0.717, 1.165) is 0 Å². The van der Waals surface area contributed by atoms with E-state index in [1.807, 2.05) is 0 Å². The van der Waals surface area contributed by atoms with Crippen molar-refractivity contribution in [3.05, 3.63) is 24.3 Å². The maximum Gasteiger partial charge on any atom is 0.513 e. The van der Waals surface area contributed by atoms with Crippen LogP contribution in [0, 0.1) is 0 Å². The maximum absolute atomic E-state index is 12.0. The molecule has 0 saturated carbocycles. The van der Waals surface area contributed by atoms with Gasteiger partial charge in [-0.1, -0.05) is 12.1 Å². The highest BCUT2D eigenvalue weighted by Gasteiger charge is 2.36. The SMILES string of the molecule is CCOC(=O)CNP1(=O)Oc2ccccc2O1. The largest absolute Gasteiger partial charge is 0.513 e. The Balaban J connectivity index is 1.96. The third kappa shape index (κ3) is 2.78. The van der Waals surface area contributed by atoms with Gasteiger partial charge < -0.3 is 13.8 Å². The summed E-state index contributed by atoms with van der Waals surface area (Å²) in [6.07, 6.45) is 0. The Bertz CT molecular complexity index is 447. The van der Waals surface area contributed by atoms with E-state index in [4.69, 9.17) is 13.8 Å². The standard InChI is InChI=1S/C10H12NO5P/c1-2-14-10(12)7-11-17(13)15-8-5-3-4-6-9(8)16-17/h3-6H,2,7H2,1H3,(H,11,13). The van der Waals surface area contributed by atoms with E-state index in [2.05, 4.69) is 5.09 Å². The van der Waals surface area contributed by atoms with Gasteiger partial charge in [0.2, 0.25) is 0 Å². The summed E-state index contributed by atoms with van der Waals surface area (Å²) in [6, 6.07) is 6.76. The molecule has 17 heavy (non-hydrogen) atoms. The summed E-state index contributed by atoms with van der Waals surface area (Å²) in [5.41, 5.74) is 0. The molecular formula is C10H12NO5P. The predicted molar refractivity (Wildman–Crippen MR) is 59.9 cm³/mol. The molecule has 0 saturated heterocycles. The van der Waals surface area contributed by atoms with E-state index >= 15 is 0 Å². The van der Waals surface area contributed by atoms with Crippen LogP contribution in [0.5, 0.6) is 11.5 Å². The highest BCUT2D eigenvalue weighted by molar-refractivity contribution is 7.52. The van der Waals surface area contributed by atoms with Gasteiger partial charge in [-0.2, -0.15) is 5.09 Å². The Labute approximate surface area is 98.5 Å². The van der Waals surface area contributed by atoms with Crippen LogP contribution in [-0.4, -0.2) is 19.1 Å². The molecule has 7 heteroatoms. The molecule has 0 amide bonds. The number of para-hydroxylation sites is 2. The highest BCUT2D eigenvalue weighted by Crippen LogP contribution is 2.54. The number of carbonyl (C=O) groups is 1. The van der Waals surface area contributed by atoms with Gasteiger partial charge in [-0.15, -0.1) is 0 Å². The number of benzene rings is 1. The second-order valence-corrected chi connectivity index (χ2v) is 4.94. The molecule has 1 aliphatic heterocycles. The van der Waals surface area contributed by atoms with Crippen molar-refractivity contribution in [3.8, 4) is 11.5 Å². The van der Waals surface area contributed by atoms with Gasteiger partial charge in [0.25, 0.3) is 0 Å². The Kier molecular flexibility index (Phi) is 3.36. The molecule has 0 atom stereocenters. The van der Waals surface area contributed by atoms with Crippen molar-refractivity contribution >= 4 is 13.7 Å². The zero-order valence-electron chi connectivity index (χ0n) is 9.21. The first kappa shape index (κ1) is 12.0. The zero-order valence-corrected chi connectivity index (χ0v) is 10.1. The summed E-state index contributed by atoms with van der Waals surface area (Å²) in [5.74, 6) is 0.283. The third-order valence-electron chi connectivity index (χ3n) is 2.01. The topological polar surface area (TPSA) is 73.9 Å². The molecule has 0 radical (unpaired) electrons. The number of hydrogen-bond donors (Lipinski definition) is 1. The van der Waals surface area contributed by atoms with Crippen molar-refractivity contribution in [2.24, 2.45) is 0 Å². The first-order valence-electron chi connectivity index (χ1n) is 5.12. The van der Waals surface area contributed by atoms with Gasteiger partial charge >= 0.3 is 13.7 Å². The minimum atomic E-state index is -3.48. The monoisotopic (exact) mass is 257 g/mol. The third-order valence-corrected chi connectivity index (χ3v) is 3.43. The smallest absolute Gasteiger partial charge is 0.465 e. The van der Waals surface area contributed by atoms with Gasteiger partial charge in [-0.3, -0.25) is 4.79 Å². The average Bonchev–Trinajstić information content (AvgIpc) is 2.64. The van der Waals surface area contributed by atoms with E-state index < -0.39 is 13.7 Å². The molecule has 0 aromatic heterocycles. The fourth-order valence-corrected chi connectivity index (χ4v) is 2.63. The summed E-state index contributed by atoms with van der Waals surface area (Å²) >= 11 is 0. The second kappa shape index (κ2) is 4.77. The fourth-order valence-electron chi connectivity index (χ4n) is 1.32. The Morgan fingerprint density at radius 3 is 2.47 bits per heavy atom. The lowest BCUT2D eigenvalue weighted by atomic mass is 10.3. The summed E-state index contributed by atoms with van der Waals surface area (Å²) in [4.78, 5) is 11.1. The lowest BCUT2D eigenvalue weighted by Gasteiger charge is -2.10. The van der Waals surface area contributed by atoms with E-state index in [-0.39, 0.29) is 13.2 Å². The quantitative estimate of drug-likeness (QED) is 0.654. The molecule has 0 fully saturated rings. The molecular weight excluding hydrogens is 245 g/mol. The number of ether oxygens (including phenoxy) is 1. The summed E-state index contributed by atoms with van der Waals surface area (Å²) < 4.78 is 27.0. The van der Waals surface area contributed by atoms with Gasteiger partial charge in [-0.25, -0.2) is 4.57 Å². The Hall–Kier alpha value is -1.52. The predicted octanol–water partition coefficient (Wildman–Crippen LogP) is 1.72. The van der Waals surface area contributed by atoms with Gasteiger partial charge in [0, 0.05) is 0 Å². The van der Waals surface area contributed by atoms with Crippen molar-refractivity contribution in [1.82, 2.24) is 5.09 Å². The number of nitrogens with one attached hydrogen (secondary N) is 1. The zero-order chi connectivity index (χ0) is 12.3. The average molecular weight is 257 g/mol. The number of carbonyl (C=O) groups excluding carboxylic acids is 1. The van der Waals surface area contributed by atoms with E-state index in [1.54, 1.807) is 31.2 Å².